The Morgan fingerprint density at radius 1 is 0.900 bits per heavy atom. The van der Waals surface area contributed by atoms with Crippen molar-refractivity contribution in [3.05, 3.63) is 112 Å². The van der Waals surface area contributed by atoms with Crippen molar-refractivity contribution in [3.8, 4) is 5.75 Å². The molecule has 0 atom stereocenters. The topological polar surface area (TPSA) is 35.5 Å². The summed E-state index contributed by atoms with van der Waals surface area (Å²) in [7, 11) is 0. The second kappa shape index (κ2) is 8.01. The van der Waals surface area contributed by atoms with E-state index in [1.54, 1.807) is 17.4 Å². The maximum absolute atomic E-state index is 12.5. The van der Waals surface area contributed by atoms with E-state index in [1.165, 1.54) is 0 Å². The molecule has 0 unspecified atom stereocenters. The minimum absolute atomic E-state index is 0.347. The van der Waals surface area contributed by atoms with E-state index in [4.69, 9.17) is 9.47 Å². The molecule has 3 nitrogen and oxygen atoms in total. The van der Waals surface area contributed by atoms with Crippen molar-refractivity contribution in [1.82, 2.24) is 0 Å². The van der Waals surface area contributed by atoms with Gasteiger partial charge in [0, 0.05) is 5.56 Å². The van der Waals surface area contributed by atoms with Crippen LogP contribution in [0.1, 0.15) is 16.0 Å². The minimum Gasteiger partial charge on any atom is -0.488 e. The van der Waals surface area contributed by atoms with Crippen LogP contribution in [0.15, 0.2) is 95.9 Å². The van der Waals surface area contributed by atoms with Crippen LogP contribution in [0.3, 0.4) is 0 Å². The zero-order valence-electron chi connectivity index (χ0n) is 16.1. The predicted octanol–water partition coefficient (Wildman–Crippen LogP) is 6.46. The highest BCUT2D eigenvalue weighted by Crippen LogP contribution is 2.34. The van der Waals surface area contributed by atoms with Gasteiger partial charge in [0.2, 0.25) is 0 Å². The predicted molar refractivity (Wildman–Crippen MR) is 121 cm³/mol. The average molecular weight is 410 g/mol. The largest absolute Gasteiger partial charge is 0.488 e. The van der Waals surface area contributed by atoms with Crippen molar-refractivity contribution in [3.63, 3.8) is 0 Å². The van der Waals surface area contributed by atoms with E-state index >= 15 is 0 Å². The van der Waals surface area contributed by atoms with Gasteiger partial charge in [-0.05, 0) is 46.0 Å². The first-order chi connectivity index (χ1) is 14.8. The van der Waals surface area contributed by atoms with Crippen LogP contribution in [0.2, 0.25) is 0 Å². The van der Waals surface area contributed by atoms with Crippen LogP contribution in [-0.2, 0) is 16.1 Å². The first-order valence-corrected chi connectivity index (χ1v) is 10.5. The van der Waals surface area contributed by atoms with Crippen LogP contribution in [0.5, 0.6) is 5.75 Å². The number of rotatable bonds is 5. The molecule has 0 amide bonds. The lowest BCUT2D eigenvalue weighted by atomic mass is 10.0. The van der Waals surface area contributed by atoms with Gasteiger partial charge in [0.25, 0.3) is 0 Å². The quantitative estimate of drug-likeness (QED) is 0.280. The SMILES string of the molecule is O=C1OC(c2cccs2)=C/C1=C\c1c(OCc2ccccc2)ccc2ccccc12. The third-order valence-electron chi connectivity index (χ3n) is 4.96. The molecule has 1 aromatic heterocycles. The van der Waals surface area contributed by atoms with Gasteiger partial charge in [0.15, 0.2) is 0 Å². The lowest BCUT2D eigenvalue weighted by Crippen LogP contribution is -1.99. The number of fused-ring (bicyclic) bond motifs is 1. The second-order valence-corrected chi connectivity index (χ2v) is 7.90. The smallest absolute Gasteiger partial charge is 0.343 e. The molecule has 2 heterocycles. The molecule has 1 aliphatic heterocycles. The molecule has 1 aliphatic rings. The first kappa shape index (κ1) is 18.4. The van der Waals surface area contributed by atoms with Crippen LogP contribution in [-0.4, -0.2) is 5.97 Å². The monoisotopic (exact) mass is 410 g/mol. The molecule has 0 radical (unpaired) electrons. The van der Waals surface area contributed by atoms with Gasteiger partial charge in [0.1, 0.15) is 18.1 Å². The summed E-state index contributed by atoms with van der Waals surface area (Å²) in [6.45, 7) is 0.454. The summed E-state index contributed by atoms with van der Waals surface area (Å²) in [6, 6.07) is 26.0. The van der Waals surface area contributed by atoms with Crippen molar-refractivity contribution in [2.45, 2.75) is 6.61 Å². The zero-order valence-corrected chi connectivity index (χ0v) is 16.9. The zero-order chi connectivity index (χ0) is 20.3. The van der Waals surface area contributed by atoms with E-state index in [0.717, 1.165) is 32.5 Å². The Morgan fingerprint density at radius 3 is 2.57 bits per heavy atom. The Balaban J connectivity index is 1.56. The van der Waals surface area contributed by atoms with Gasteiger partial charge in [-0.25, -0.2) is 4.79 Å². The number of hydrogen-bond acceptors (Lipinski definition) is 4. The Hall–Kier alpha value is -3.63. The first-order valence-electron chi connectivity index (χ1n) is 9.66. The number of carbonyl (C=O) groups excluding carboxylic acids is 1. The minimum atomic E-state index is -0.347. The summed E-state index contributed by atoms with van der Waals surface area (Å²) in [6.07, 6.45) is 3.67. The fourth-order valence-electron chi connectivity index (χ4n) is 3.47. The molecule has 0 saturated heterocycles. The maximum Gasteiger partial charge on any atom is 0.343 e. The number of ether oxygens (including phenoxy) is 2. The fourth-order valence-corrected chi connectivity index (χ4v) is 4.15. The van der Waals surface area contributed by atoms with E-state index in [2.05, 4.69) is 6.07 Å². The molecule has 4 aromatic rings. The van der Waals surface area contributed by atoms with Gasteiger partial charge in [-0.2, -0.15) is 0 Å². The van der Waals surface area contributed by atoms with Crippen molar-refractivity contribution in [1.29, 1.82) is 0 Å². The van der Waals surface area contributed by atoms with Gasteiger partial charge in [0.05, 0.1) is 10.5 Å². The number of cyclic esters (lactones) is 1. The molecule has 30 heavy (non-hydrogen) atoms. The fraction of sp³-hybridized carbons (Fsp3) is 0.0385. The molecule has 5 rings (SSSR count). The molecule has 3 aromatic carbocycles. The molecule has 0 aliphatic carbocycles. The van der Waals surface area contributed by atoms with Gasteiger partial charge in [-0.1, -0.05) is 66.7 Å². The van der Waals surface area contributed by atoms with Gasteiger partial charge >= 0.3 is 5.97 Å². The lowest BCUT2D eigenvalue weighted by Gasteiger charge is -2.12. The second-order valence-electron chi connectivity index (χ2n) is 6.95. The van der Waals surface area contributed by atoms with E-state index < -0.39 is 0 Å². The van der Waals surface area contributed by atoms with Crippen LogP contribution < -0.4 is 4.74 Å². The van der Waals surface area contributed by atoms with Crippen molar-refractivity contribution >= 4 is 39.9 Å². The molecule has 146 valence electrons. The van der Waals surface area contributed by atoms with Crippen LogP contribution in [0.4, 0.5) is 0 Å². The Morgan fingerprint density at radius 2 is 1.73 bits per heavy atom. The maximum atomic E-state index is 12.5. The summed E-state index contributed by atoms with van der Waals surface area (Å²) in [5, 5.41) is 4.08. The molecule has 0 spiro atoms. The van der Waals surface area contributed by atoms with E-state index in [0.29, 0.717) is 17.9 Å². The van der Waals surface area contributed by atoms with Crippen LogP contribution in [0, 0.1) is 0 Å². The molecule has 0 fully saturated rings. The number of thiophene rings is 1. The van der Waals surface area contributed by atoms with E-state index in [-0.39, 0.29) is 5.97 Å². The van der Waals surface area contributed by atoms with Gasteiger partial charge in [-0.15, -0.1) is 11.3 Å². The lowest BCUT2D eigenvalue weighted by molar-refractivity contribution is -0.130. The summed E-state index contributed by atoms with van der Waals surface area (Å²) >= 11 is 1.54. The molecular weight excluding hydrogens is 392 g/mol. The summed E-state index contributed by atoms with van der Waals surface area (Å²) in [5.74, 6) is 0.976. The highest BCUT2D eigenvalue weighted by Gasteiger charge is 2.23. The number of hydrogen-bond donors (Lipinski definition) is 0. The van der Waals surface area contributed by atoms with E-state index in [9.17, 15) is 4.79 Å². The van der Waals surface area contributed by atoms with Crippen LogP contribution >= 0.6 is 11.3 Å². The molecule has 0 saturated carbocycles. The van der Waals surface area contributed by atoms with Gasteiger partial charge in [-0.3, -0.25) is 0 Å². The molecule has 0 bridgehead atoms. The number of esters is 1. The Kier molecular flexibility index (Phi) is 4.91. The standard InChI is InChI=1S/C26H18O3S/c27-26-20(16-24(29-26)25-11-6-14-30-25)15-22-21-10-5-4-9-19(21)12-13-23(22)28-17-18-7-2-1-3-8-18/h1-16H,17H2/b20-15+. The Bertz CT molecular complexity index is 1270. The number of carbonyl (C=O) groups is 1. The van der Waals surface area contributed by atoms with Crippen molar-refractivity contribution < 1.29 is 14.3 Å². The normalized spacial score (nSPS) is 14.7. The molecule has 0 N–H and O–H groups in total. The summed E-state index contributed by atoms with van der Waals surface area (Å²) in [4.78, 5) is 13.5. The summed E-state index contributed by atoms with van der Waals surface area (Å²) < 4.78 is 11.7. The molecular formula is C26H18O3S. The third-order valence-corrected chi connectivity index (χ3v) is 5.84. The third kappa shape index (κ3) is 3.65. The van der Waals surface area contributed by atoms with Crippen molar-refractivity contribution in [2.24, 2.45) is 0 Å². The highest BCUT2D eigenvalue weighted by molar-refractivity contribution is 7.11. The average Bonchev–Trinajstić information content (AvgIpc) is 3.44. The van der Waals surface area contributed by atoms with Crippen LogP contribution in [0.25, 0.3) is 22.6 Å². The Labute approximate surface area is 178 Å². The highest BCUT2D eigenvalue weighted by atomic mass is 32.1. The molecule has 4 heteroatoms. The van der Waals surface area contributed by atoms with E-state index in [1.807, 2.05) is 84.3 Å². The van der Waals surface area contributed by atoms with Crippen molar-refractivity contribution in [2.75, 3.05) is 0 Å². The number of benzene rings is 3. The van der Waals surface area contributed by atoms with Gasteiger partial charge < -0.3 is 9.47 Å². The summed E-state index contributed by atoms with van der Waals surface area (Å²) in [5.41, 5.74) is 2.48.